The third-order valence-electron chi connectivity index (χ3n) is 2.17. The van der Waals surface area contributed by atoms with E-state index in [1.807, 2.05) is 0 Å². The Morgan fingerprint density at radius 2 is 2.33 bits per heavy atom. The number of benzene rings is 1. The van der Waals surface area contributed by atoms with Gasteiger partial charge in [0.15, 0.2) is 5.82 Å². The lowest BCUT2D eigenvalue weighted by molar-refractivity contribution is -0.131. The van der Waals surface area contributed by atoms with Crippen LogP contribution in [0.3, 0.4) is 0 Å². The first kappa shape index (κ1) is 11.8. The zero-order chi connectivity index (χ0) is 13.0. The minimum absolute atomic E-state index is 0.325. The highest BCUT2D eigenvalue weighted by Gasteiger charge is 2.06. The molecule has 7 heteroatoms. The van der Waals surface area contributed by atoms with Crippen LogP contribution < -0.4 is 4.74 Å². The van der Waals surface area contributed by atoms with E-state index < -0.39 is 5.97 Å². The van der Waals surface area contributed by atoms with Gasteiger partial charge in [0, 0.05) is 12.1 Å². The van der Waals surface area contributed by atoms with Crippen LogP contribution >= 0.6 is 0 Å². The van der Waals surface area contributed by atoms with Gasteiger partial charge in [-0.15, -0.1) is 5.10 Å². The molecular formula is C11H10N4O3. The van der Waals surface area contributed by atoms with Gasteiger partial charge in [-0.25, -0.2) is 4.79 Å². The molecule has 1 aromatic carbocycles. The van der Waals surface area contributed by atoms with E-state index in [-0.39, 0.29) is 0 Å². The maximum atomic E-state index is 10.5. The molecule has 0 aliphatic carbocycles. The number of rotatable bonds is 4. The zero-order valence-electron chi connectivity index (χ0n) is 9.52. The molecular weight excluding hydrogens is 236 g/mol. The second-order valence-corrected chi connectivity index (χ2v) is 3.32. The summed E-state index contributed by atoms with van der Waals surface area (Å²) in [5, 5.41) is 19.6. The molecule has 92 valence electrons. The van der Waals surface area contributed by atoms with Crippen molar-refractivity contribution < 1.29 is 14.6 Å². The highest BCUT2D eigenvalue weighted by molar-refractivity contribution is 5.84. The Morgan fingerprint density at radius 3 is 3.06 bits per heavy atom. The number of hydrogen-bond donors (Lipinski definition) is 1. The average molecular weight is 246 g/mol. The molecule has 18 heavy (non-hydrogen) atoms. The standard InChI is InChI=1S/C11H10N4O3/c1-18-9-4-2-3-8(7-9)15-10(12-13-14-15)5-6-11(16)17/h2-7H,1H3,(H,16,17)/b6-5+. The summed E-state index contributed by atoms with van der Waals surface area (Å²) in [6, 6.07) is 7.12. The fourth-order valence-corrected chi connectivity index (χ4v) is 1.37. The van der Waals surface area contributed by atoms with Gasteiger partial charge in [-0.2, -0.15) is 4.68 Å². The van der Waals surface area contributed by atoms with Crippen LogP contribution in [0.15, 0.2) is 30.3 Å². The number of hydrogen-bond acceptors (Lipinski definition) is 5. The highest BCUT2D eigenvalue weighted by Crippen LogP contribution is 2.16. The molecule has 0 radical (unpaired) electrons. The lowest BCUT2D eigenvalue weighted by Gasteiger charge is -2.04. The number of carboxylic acids is 1. The quantitative estimate of drug-likeness (QED) is 0.801. The van der Waals surface area contributed by atoms with Crippen LogP contribution in [-0.2, 0) is 4.79 Å². The number of methoxy groups -OCH3 is 1. The van der Waals surface area contributed by atoms with Crippen molar-refractivity contribution in [2.75, 3.05) is 7.11 Å². The summed E-state index contributed by atoms with van der Waals surface area (Å²) in [7, 11) is 1.56. The van der Waals surface area contributed by atoms with Gasteiger partial charge in [0.2, 0.25) is 0 Å². The number of aromatic nitrogens is 4. The van der Waals surface area contributed by atoms with Crippen LogP contribution in [0, 0.1) is 0 Å². The minimum Gasteiger partial charge on any atom is -0.497 e. The molecule has 0 spiro atoms. The van der Waals surface area contributed by atoms with Crippen molar-refractivity contribution in [3.63, 3.8) is 0 Å². The number of tetrazole rings is 1. The molecule has 0 saturated heterocycles. The largest absolute Gasteiger partial charge is 0.497 e. The molecule has 2 rings (SSSR count). The molecule has 1 heterocycles. The van der Waals surface area contributed by atoms with Crippen molar-refractivity contribution in [2.45, 2.75) is 0 Å². The van der Waals surface area contributed by atoms with Gasteiger partial charge < -0.3 is 9.84 Å². The van der Waals surface area contributed by atoms with Crippen molar-refractivity contribution in [1.82, 2.24) is 20.2 Å². The fraction of sp³-hybridized carbons (Fsp3) is 0.0909. The number of aliphatic carboxylic acids is 1. The molecule has 0 amide bonds. The monoisotopic (exact) mass is 246 g/mol. The molecule has 0 bridgehead atoms. The Balaban J connectivity index is 2.38. The first-order chi connectivity index (χ1) is 8.70. The molecule has 2 aromatic rings. The third-order valence-corrected chi connectivity index (χ3v) is 2.17. The topological polar surface area (TPSA) is 90.1 Å². The molecule has 0 saturated carbocycles. The van der Waals surface area contributed by atoms with Gasteiger partial charge in [0.05, 0.1) is 12.8 Å². The second kappa shape index (κ2) is 5.09. The van der Waals surface area contributed by atoms with Gasteiger partial charge in [-0.05, 0) is 28.6 Å². The summed E-state index contributed by atoms with van der Waals surface area (Å²) in [5.41, 5.74) is 0.685. The lowest BCUT2D eigenvalue weighted by Crippen LogP contribution is -2.00. The molecule has 1 aromatic heterocycles. The van der Waals surface area contributed by atoms with Crippen molar-refractivity contribution in [3.05, 3.63) is 36.2 Å². The summed E-state index contributed by atoms with van der Waals surface area (Å²) in [4.78, 5) is 10.5. The van der Waals surface area contributed by atoms with Crippen LogP contribution in [0.4, 0.5) is 0 Å². The Labute approximate surface area is 102 Å². The molecule has 1 N–H and O–H groups in total. The van der Waals surface area contributed by atoms with Gasteiger partial charge in [-0.1, -0.05) is 6.07 Å². The minimum atomic E-state index is -1.06. The summed E-state index contributed by atoms with van der Waals surface area (Å²) < 4.78 is 6.52. The van der Waals surface area contributed by atoms with Gasteiger partial charge in [0.25, 0.3) is 0 Å². The van der Waals surface area contributed by atoms with Crippen molar-refractivity contribution in [3.8, 4) is 11.4 Å². The average Bonchev–Trinajstić information content (AvgIpc) is 2.84. The maximum absolute atomic E-state index is 10.5. The predicted molar refractivity (Wildman–Crippen MR) is 62.4 cm³/mol. The smallest absolute Gasteiger partial charge is 0.328 e. The highest BCUT2D eigenvalue weighted by atomic mass is 16.5. The normalized spacial score (nSPS) is 10.7. The van der Waals surface area contributed by atoms with E-state index in [9.17, 15) is 4.79 Å². The van der Waals surface area contributed by atoms with E-state index in [0.717, 1.165) is 6.08 Å². The van der Waals surface area contributed by atoms with Crippen molar-refractivity contribution >= 4 is 12.0 Å². The fourth-order valence-electron chi connectivity index (χ4n) is 1.37. The molecule has 0 unspecified atom stereocenters. The zero-order valence-corrected chi connectivity index (χ0v) is 9.52. The number of nitrogens with zero attached hydrogens (tertiary/aromatic N) is 4. The number of carboxylic acid groups (broad SMARTS) is 1. The van der Waals surface area contributed by atoms with Crippen LogP contribution in [0.5, 0.6) is 5.75 Å². The third kappa shape index (κ3) is 2.51. The first-order valence-electron chi connectivity index (χ1n) is 5.04. The van der Waals surface area contributed by atoms with Crippen LogP contribution in [0.2, 0.25) is 0 Å². The van der Waals surface area contributed by atoms with E-state index in [1.54, 1.807) is 31.4 Å². The van der Waals surface area contributed by atoms with Crippen molar-refractivity contribution in [2.24, 2.45) is 0 Å². The Bertz CT molecular complexity index is 591. The van der Waals surface area contributed by atoms with E-state index >= 15 is 0 Å². The Kier molecular flexibility index (Phi) is 3.33. The van der Waals surface area contributed by atoms with Gasteiger partial charge >= 0.3 is 5.97 Å². The predicted octanol–water partition coefficient (Wildman–Crippen LogP) is 0.769. The van der Waals surface area contributed by atoms with Gasteiger partial charge in [0.1, 0.15) is 5.75 Å². The van der Waals surface area contributed by atoms with Crippen LogP contribution in [-0.4, -0.2) is 38.4 Å². The number of ether oxygens (including phenoxy) is 1. The van der Waals surface area contributed by atoms with Crippen LogP contribution in [0.1, 0.15) is 5.82 Å². The summed E-state index contributed by atoms with van der Waals surface area (Å²) in [6.07, 6.45) is 2.30. The lowest BCUT2D eigenvalue weighted by atomic mass is 10.3. The molecule has 0 aliphatic rings. The Morgan fingerprint density at radius 1 is 1.50 bits per heavy atom. The molecule has 7 nitrogen and oxygen atoms in total. The van der Waals surface area contributed by atoms with E-state index in [1.165, 1.54) is 10.8 Å². The van der Waals surface area contributed by atoms with E-state index in [4.69, 9.17) is 9.84 Å². The van der Waals surface area contributed by atoms with Gasteiger partial charge in [-0.3, -0.25) is 0 Å². The summed E-state index contributed by atoms with van der Waals surface area (Å²) in [6.45, 7) is 0. The van der Waals surface area contributed by atoms with Crippen LogP contribution in [0.25, 0.3) is 11.8 Å². The second-order valence-electron chi connectivity index (χ2n) is 3.32. The molecule has 0 atom stereocenters. The Hall–Kier alpha value is -2.70. The molecule has 0 aliphatic heterocycles. The van der Waals surface area contributed by atoms with Crippen molar-refractivity contribution in [1.29, 1.82) is 0 Å². The number of carbonyl (C=O) groups is 1. The first-order valence-corrected chi connectivity index (χ1v) is 5.04. The maximum Gasteiger partial charge on any atom is 0.328 e. The van der Waals surface area contributed by atoms with E-state index in [2.05, 4.69) is 15.5 Å². The summed E-state index contributed by atoms with van der Waals surface area (Å²) >= 11 is 0. The molecule has 0 fully saturated rings. The van der Waals surface area contributed by atoms with E-state index in [0.29, 0.717) is 17.3 Å². The summed E-state index contributed by atoms with van der Waals surface area (Å²) in [5.74, 6) is -0.0722. The SMILES string of the molecule is COc1cccc(-n2nnnc2/C=C/C(=O)O)c1.